The fourth-order valence-electron chi connectivity index (χ4n) is 6.23. The summed E-state index contributed by atoms with van der Waals surface area (Å²) in [6.45, 7) is 5.43. The number of benzene rings is 2. The van der Waals surface area contributed by atoms with Crippen molar-refractivity contribution in [1.82, 2.24) is 10.2 Å². The van der Waals surface area contributed by atoms with E-state index in [4.69, 9.17) is 18.9 Å². The summed E-state index contributed by atoms with van der Waals surface area (Å²) >= 11 is 0. The van der Waals surface area contributed by atoms with Crippen LogP contribution in [0, 0.1) is 0 Å². The predicted molar refractivity (Wildman–Crippen MR) is 153 cm³/mol. The number of hydrogen-bond acceptors (Lipinski definition) is 6. The molecule has 0 saturated carbocycles. The third kappa shape index (κ3) is 5.53. The molecule has 0 unspecified atom stereocenters. The zero-order valence-electron chi connectivity index (χ0n) is 22.5. The first kappa shape index (κ1) is 29.4. The second-order valence-corrected chi connectivity index (χ2v) is 9.77. The van der Waals surface area contributed by atoms with E-state index >= 15 is 0 Å². The zero-order valence-corrected chi connectivity index (χ0v) is 24.2. The van der Waals surface area contributed by atoms with E-state index in [9.17, 15) is 0 Å². The summed E-state index contributed by atoms with van der Waals surface area (Å²) in [5, 5.41) is 3.80. The van der Waals surface area contributed by atoms with Crippen LogP contribution in [-0.2, 0) is 12.8 Å². The second kappa shape index (κ2) is 12.6. The van der Waals surface area contributed by atoms with Gasteiger partial charge in [-0.2, -0.15) is 0 Å². The molecule has 2 aromatic carbocycles. The highest BCUT2D eigenvalue weighted by Crippen LogP contribution is 2.46. The van der Waals surface area contributed by atoms with Crippen molar-refractivity contribution >= 4 is 24.8 Å². The van der Waals surface area contributed by atoms with Gasteiger partial charge in [-0.1, -0.05) is 18.1 Å². The van der Waals surface area contributed by atoms with Gasteiger partial charge in [-0.3, -0.25) is 4.90 Å². The molecule has 0 amide bonds. The molecule has 0 fully saturated rings. The van der Waals surface area contributed by atoms with E-state index in [0.717, 1.165) is 74.7 Å². The van der Waals surface area contributed by atoms with Gasteiger partial charge in [0.25, 0.3) is 0 Å². The largest absolute Gasteiger partial charge is 0.493 e. The van der Waals surface area contributed by atoms with Crippen molar-refractivity contribution in [3.63, 3.8) is 0 Å². The molecule has 2 aromatic rings. The van der Waals surface area contributed by atoms with Gasteiger partial charge in [0.2, 0.25) is 0 Å². The molecule has 2 atom stereocenters. The molecule has 1 N–H and O–H groups in total. The van der Waals surface area contributed by atoms with Gasteiger partial charge in [-0.25, -0.2) is 0 Å². The minimum absolute atomic E-state index is 0. The van der Waals surface area contributed by atoms with Gasteiger partial charge in [0.1, 0.15) is 0 Å². The van der Waals surface area contributed by atoms with E-state index in [1.54, 1.807) is 39.6 Å². The van der Waals surface area contributed by atoms with E-state index in [1.807, 2.05) is 0 Å². The molecule has 0 aromatic heterocycles. The highest BCUT2D eigenvalue weighted by Gasteiger charge is 2.35. The van der Waals surface area contributed by atoms with E-state index < -0.39 is 0 Å². The number of hydrogen-bond donors (Lipinski definition) is 1. The van der Waals surface area contributed by atoms with Gasteiger partial charge in [-0.15, -0.1) is 24.8 Å². The minimum atomic E-state index is 0. The molecule has 0 bridgehead atoms. The quantitative estimate of drug-likeness (QED) is 0.436. The van der Waals surface area contributed by atoms with Crippen molar-refractivity contribution in [3.8, 4) is 23.0 Å². The van der Waals surface area contributed by atoms with Crippen LogP contribution in [0.25, 0.3) is 0 Å². The molecule has 204 valence electrons. The Hall–Kier alpha value is -2.12. The Balaban J connectivity index is 0.00000190. The molecule has 8 heteroatoms. The minimum Gasteiger partial charge on any atom is -0.493 e. The number of nitrogens with one attached hydrogen (secondary N) is 1. The third-order valence-corrected chi connectivity index (χ3v) is 8.13. The van der Waals surface area contributed by atoms with Gasteiger partial charge >= 0.3 is 0 Å². The molecule has 0 radical (unpaired) electrons. The van der Waals surface area contributed by atoms with Gasteiger partial charge < -0.3 is 24.3 Å². The number of halogens is 2. The standard InChI is InChI=1S/C29H38N2O4.2ClH/c1-6-18-17-31-10-8-20-14-27(33-3)29(35-5)16-23(20)25(31)12-21(18)11-24-22-15-28(34-4)26(32-2)13-19(22)7-9-30-24;;/h13-16,24-25,30H,6-12,17H2,1-5H3;2*1H/t24-,25+;;/m1../s1. The summed E-state index contributed by atoms with van der Waals surface area (Å²) in [4.78, 5) is 2.66. The van der Waals surface area contributed by atoms with Crippen LogP contribution in [0.15, 0.2) is 35.4 Å². The van der Waals surface area contributed by atoms with E-state index in [-0.39, 0.29) is 30.9 Å². The SMILES string of the molecule is CCC1=C(C[C@H]2NCCc3cc(OC)c(OC)cc32)C[C@H]2c3cc(OC)c(OC)cc3CCN2C1.Cl.Cl. The van der Waals surface area contributed by atoms with Gasteiger partial charge in [0.05, 0.1) is 28.4 Å². The number of fused-ring (bicyclic) bond motifs is 4. The Morgan fingerprint density at radius 2 is 1.35 bits per heavy atom. The predicted octanol–water partition coefficient (Wildman–Crippen LogP) is 5.85. The summed E-state index contributed by atoms with van der Waals surface area (Å²) in [7, 11) is 6.86. The lowest BCUT2D eigenvalue weighted by Gasteiger charge is -2.43. The van der Waals surface area contributed by atoms with E-state index in [2.05, 4.69) is 41.4 Å². The molecule has 6 nitrogen and oxygen atoms in total. The fourth-order valence-corrected chi connectivity index (χ4v) is 6.23. The maximum atomic E-state index is 5.66. The Labute approximate surface area is 233 Å². The molecular formula is C29H40Cl2N2O4. The van der Waals surface area contributed by atoms with Crippen molar-refractivity contribution in [3.05, 3.63) is 57.7 Å². The van der Waals surface area contributed by atoms with Crippen LogP contribution in [-0.4, -0.2) is 53.0 Å². The maximum Gasteiger partial charge on any atom is 0.161 e. The molecular weight excluding hydrogens is 511 g/mol. The summed E-state index contributed by atoms with van der Waals surface area (Å²) in [5.41, 5.74) is 8.68. The van der Waals surface area contributed by atoms with Crippen LogP contribution in [0.2, 0.25) is 0 Å². The number of ether oxygens (including phenoxy) is 4. The molecule has 5 rings (SSSR count). The van der Waals surface area contributed by atoms with Crippen LogP contribution < -0.4 is 24.3 Å². The number of methoxy groups -OCH3 is 4. The lowest BCUT2D eigenvalue weighted by molar-refractivity contribution is 0.181. The van der Waals surface area contributed by atoms with Crippen molar-refractivity contribution < 1.29 is 18.9 Å². The van der Waals surface area contributed by atoms with Crippen molar-refractivity contribution in [2.75, 3.05) is 48.1 Å². The Morgan fingerprint density at radius 3 is 1.95 bits per heavy atom. The highest BCUT2D eigenvalue weighted by molar-refractivity contribution is 5.85. The number of rotatable bonds is 7. The third-order valence-electron chi connectivity index (χ3n) is 8.13. The van der Waals surface area contributed by atoms with Crippen molar-refractivity contribution in [1.29, 1.82) is 0 Å². The Kier molecular flexibility index (Phi) is 10.0. The molecule has 0 spiro atoms. The topological polar surface area (TPSA) is 52.2 Å². The molecule has 0 saturated heterocycles. The molecule has 3 aliphatic heterocycles. The molecule has 37 heavy (non-hydrogen) atoms. The van der Waals surface area contributed by atoms with Crippen molar-refractivity contribution in [2.45, 2.75) is 51.1 Å². The summed E-state index contributed by atoms with van der Waals surface area (Å²) in [6, 6.07) is 9.41. The summed E-state index contributed by atoms with van der Waals surface area (Å²) in [5.74, 6) is 3.27. The first-order chi connectivity index (χ1) is 17.1. The Morgan fingerprint density at radius 1 is 0.784 bits per heavy atom. The van der Waals surface area contributed by atoms with Crippen LogP contribution >= 0.6 is 24.8 Å². The molecule has 0 aliphatic carbocycles. The second-order valence-electron chi connectivity index (χ2n) is 9.77. The first-order valence-electron chi connectivity index (χ1n) is 12.8. The average Bonchev–Trinajstić information content (AvgIpc) is 2.91. The van der Waals surface area contributed by atoms with Crippen LogP contribution in [0.4, 0.5) is 0 Å². The molecule has 3 aliphatic rings. The van der Waals surface area contributed by atoms with Gasteiger partial charge in [-0.05, 0) is 85.2 Å². The van der Waals surface area contributed by atoms with E-state index in [0.29, 0.717) is 6.04 Å². The normalized spacial score (nSPS) is 20.5. The van der Waals surface area contributed by atoms with Gasteiger partial charge in [0, 0.05) is 25.2 Å². The van der Waals surface area contributed by atoms with Crippen LogP contribution in [0.1, 0.15) is 60.5 Å². The summed E-state index contributed by atoms with van der Waals surface area (Å²) in [6.07, 6.45) is 5.25. The lowest BCUT2D eigenvalue weighted by Crippen LogP contribution is -2.40. The van der Waals surface area contributed by atoms with E-state index in [1.165, 1.54) is 22.3 Å². The van der Waals surface area contributed by atoms with Crippen LogP contribution in [0.5, 0.6) is 23.0 Å². The van der Waals surface area contributed by atoms with Gasteiger partial charge in [0.15, 0.2) is 23.0 Å². The Bertz CT molecular complexity index is 1140. The summed E-state index contributed by atoms with van der Waals surface area (Å²) < 4.78 is 22.5. The maximum absolute atomic E-state index is 5.66. The van der Waals surface area contributed by atoms with Crippen molar-refractivity contribution in [2.24, 2.45) is 0 Å². The number of nitrogens with zero attached hydrogens (tertiary/aromatic N) is 1. The lowest BCUT2D eigenvalue weighted by atomic mass is 9.80. The molecule has 3 heterocycles. The average molecular weight is 552 g/mol. The first-order valence-corrected chi connectivity index (χ1v) is 12.8. The zero-order chi connectivity index (χ0) is 24.5. The smallest absolute Gasteiger partial charge is 0.161 e. The highest BCUT2D eigenvalue weighted by atomic mass is 35.5. The monoisotopic (exact) mass is 550 g/mol. The fraction of sp³-hybridized carbons (Fsp3) is 0.517. The van der Waals surface area contributed by atoms with Crippen LogP contribution in [0.3, 0.4) is 0 Å².